The molecular formula is C10H15NO2. The lowest BCUT2D eigenvalue weighted by atomic mass is 10.2. The van der Waals surface area contributed by atoms with Crippen LogP contribution in [0.5, 0.6) is 5.75 Å². The number of nitrogens with two attached hydrogens (primary N) is 1. The fraction of sp³-hybridized carbons (Fsp3) is 0.400. The van der Waals surface area contributed by atoms with Gasteiger partial charge in [0.15, 0.2) is 0 Å². The first-order valence-corrected chi connectivity index (χ1v) is 4.22. The number of rotatable bonds is 4. The van der Waals surface area contributed by atoms with Crippen LogP contribution < -0.4 is 10.5 Å². The topological polar surface area (TPSA) is 44.5 Å². The van der Waals surface area contributed by atoms with E-state index in [1.807, 2.05) is 24.3 Å². The van der Waals surface area contributed by atoms with E-state index in [0.717, 1.165) is 11.3 Å². The first-order chi connectivity index (χ1) is 6.22. The number of hydrogen-bond acceptors (Lipinski definition) is 3. The summed E-state index contributed by atoms with van der Waals surface area (Å²) in [5.74, 6) is 0.839. The Morgan fingerprint density at radius 1 is 1.46 bits per heavy atom. The normalized spacial score (nSPS) is 12.5. The molecule has 0 heterocycles. The molecule has 0 saturated carbocycles. The van der Waals surface area contributed by atoms with Gasteiger partial charge in [-0.15, -0.1) is 0 Å². The Kier molecular flexibility index (Phi) is 3.73. The van der Waals surface area contributed by atoms with Crippen molar-refractivity contribution in [1.82, 2.24) is 0 Å². The Balaban J connectivity index is 2.56. The number of hydrogen-bond donors (Lipinski definition) is 1. The molecule has 0 spiro atoms. The second kappa shape index (κ2) is 4.84. The molecule has 0 aliphatic carbocycles. The van der Waals surface area contributed by atoms with Crippen molar-refractivity contribution in [2.24, 2.45) is 5.73 Å². The largest absolute Gasteiger partial charge is 0.497 e. The highest BCUT2D eigenvalue weighted by Crippen LogP contribution is 2.13. The van der Waals surface area contributed by atoms with Crippen molar-refractivity contribution in [1.29, 1.82) is 0 Å². The molecule has 1 rings (SSSR count). The second-order valence-corrected chi connectivity index (χ2v) is 2.87. The van der Waals surface area contributed by atoms with Crippen molar-refractivity contribution >= 4 is 0 Å². The smallest absolute Gasteiger partial charge is 0.119 e. The number of methoxy groups -OCH3 is 1. The average Bonchev–Trinajstić information content (AvgIpc) is 2.15. The molecule has 1 unspecified atom stereocenters. The lowest BCUT2D eigenvalue weighted by Gasteiger charge is -2.08. The predicted octanol–water partition coefficient (Wildman–Crippen LogP) is 1.52. The zero-order valence-corrected chi connectivity index (χ0v) is 7.99. The van der Waals surface area contributed by atoms with Crippen LogP contribution in [-0.2, 0) is 11.3 Å². The van der Waals surface area contributed by atoms with Crippen molar-refractivity contribution < 1.29 is 9.47 Å². The highest BCUT2D eigenvalue weighted by atomic mass is 16.5. The Hall–Kier alpha value is -1.06. The SMILES string of the molecule is COc1cccc(COC(C)N)c1. The Labute approximate surface area is 78.5 Å². The first-order valence-electron chi connectivity index (χ1n) is 4.22. The van der Waals surface area contributed by atoms with Crippen LogP contribution in [0.4, 0.5) is 0 Å². The van der Waals surface area contributed by atoms with Gasteiger partial charge < -0.3 is 15.2 Å². The van der Waals surface area contributed by atoms with E-state index in [-0.39, 0.29) is 6.23 Å². The molecule has 1 aromatic rings. The second-order valence-electron chi connectivity index (χ2n) is 2.87. The van der Waals surface area contributed by atoms with Crippen molar-refractivity contribution in [3.63, 3.8) is 0 Å². The summed E-state index contributed by atoms with van der Waals surface area (Å²) in [7, 11) is 1.64. The molecule has 0 aliphatic heterocycles. The van der Waals surface area contributed by atoms with Crippen LogP contribution in [0.1, 0.15) is 12.5 Å². The van der Waals surface area contributed by atoms with E-state index in [4.69, 9.17) is 15.2 Å². The third-order valence-corrected chi connectivity index (χ3v) is 1.65. The van der Waals surface area contributed by atoms with Gasteiger partial charge in [-0.05, 0) is 24.6 Å². The Bertz CT molecular complexity index is 261. The standard InChI is InChI=1S/C10H15NO2/c1-8(11)13-7-9-4-3-5-10(6-9)12-2/h3-6,8H,7,11H2,1-2H3. The van der Waals surface area contributed by atoms with Gasteiger partial charge in [0.1, 0.15) is 12.0 Å². The zero-order valence-electron chi connectivity index (χ0n) is 7.99. The van der Waals surface area contributed by atoms with Crippen LogP contribution in [0, 0.1) is 0 Å². The minimum atomic E-state index is -0.230. The molecule has 3 nitrogen and oxygen atoms in total. The highest BCUT2D eigenvalue weighted by molar-refractivity contribution is 5.27. The summed E-state index contributed by atoms with van der Waals surface area (Å²) >= 11 is 0. The molecule has 0 saturated heterocycles. The molecule has 0 aromatic heterocycles. The minimum Gasteiger partial charge on any atom is -0.497 e. The maximum absolute atomic E-state index is 5.46. The van der Waals surface area contributed by atoms with Crippen LogP contribution in [0.2, 0.25) is 0 Å². The molecular weight excluding hydrogens is 166 g/mol. The third kappa shape index (κ3) is 3.44. The summed E-state index contributed by atoms with van der Waals surface area (Å²) < 4.78 is 10.3. The summed E-state index contributed by atoms with van der Waals surface area (Å²) in [5, 5.41) is 0. The fourth-order valence-electron chi connectivity index (χ4n) is 0.990. The van der Waals surface area contributed by atoms with Crippen LogP contribution in [0.15, 0.2) is 24.3 Å². The predicted molar refractivity (Wildman–Crippen MR) is 51.4 cm³/mol. The lowest BCUT2D eigenvalue weighted by molar-refractivity contribution is 0.0575. The summed E-state index contributed by atoms with van der Waals surface area (Å²) in [4.78, 5) is 0. The Morgan fingerprint density at radius 2 is 2.23 bits per heavy atom. The van der Waals surface area contributed by atoms with Crippen LogP contribution in [0.25, 0.3) is 0 Å². The van der Waals surface area contributed by atoms with Crippen LogP contribution in [-0.4, -0.2) is 13.3 Å². The summed E-state index contributed by atoms with van der Waals surface area (Å²) in [6.45, 7) is 2.33. The quantitative estimate of drug-likeness (QED) is 0.716. The van der Waals surface area contributed by atoms with Crippen molar-refractivity contribution in [3.05, 3.63) is 29.8 Å². The van der Waals surface area contributed by atoms with E-state index >= 15 is 0 Å². The monoisotopic (exact) mass is 181 g/mol. The van der Waals surface area contributed by atoms with E-state index < -0.39 is 0 Å². The van der Waals surface area contributed by atoms with Crippen LogP contribution >= 0.6 is 0 Å². The molecule has 0 fully saturated rings. The van der Waals surface area contributed by atoms with Gasteiger partial charge in [0, 0.05) is 0 Å². The van der Waals surface area contributed by atoms with Gasteiger partial charge in [-0.3, -0.25) is 0 Å². The van der Waals surface area contributed by atoms with E-state index in [2.05, 4.69) is 0 Å². The number of ether oxygens (including phenoxy) is 2. The van der Waals surface area contributed by atoms with Gasteiger partial charge in [0.05, 0.1) is 13.7 Å². The molecule has 0 radical (unpaired) electrons. The van der Waals surface area contributed by atoms with Gasteiger partial charge in [-0.1, -0.05) is 12.1 Å². The van der Waals surface area contributed by atoms with Gasteiger partial charge in [0.2, 0.25) is 0 Å². The van der Waals surface area contributed by atoms with Crippen molar-refractivity contribution in [3.8, 4) is 5.75 Å². The highest BCUT2D eigenvalue weighted by Gasteiger charge is 1.97. The first kappa shape index (κ1) is 10.0. The third-order valence-electron chi connectivity index (χ3n) is 1.65. The Morgan fingerprint density at radius 3 is 2.85 bits per heavy atom. The molecule has 13 heavy (non-hydrogen) atoms. The van der Waals surface area contributed by atoms with E-state index in [1.165, 1.54) is 0 Å². The van der Waals surface area contributed by atoms with Crippen molar-refractivity contribution in [2.45, 2.75) is 19.8 Å². The van der Waals surface area contributed by atoms with Gasteiger partial charge in [0.25, 0.3) is 0 Å². The van der Waals surface area contributed by atoms with Crippen LogP contribution in [0.3, 0.4) is 0 Å². The molecule has 0 amide bonds. The molecule has 2 N–H and O–H groups in total. The molecule has 72 valence electrons. The molecule has 1 aromatic carbocycles. The molecule has 3 heteroatoms. The maximum Gasteiger partial charge on any atom is 0.119 e. The summed E-state index contributed by atoms with van der Waals surface area (Å²) in [6.07, 6.45) is -0.230. The van der Waals surface area contributed by atoms with Crippen molar-refractivity contribution in [2.75, 3.05) is 7.11 Å². The molecule has 0 aliphatic rings. The summed E-state index contributed by atoms with van der Waals surface area (Å²) in [6, 6.07) is 7.74. The summed E-state index contributed by atoms with van der Waals surface area (Å²) in [5.41, 5.74) is 6.52. The van der Waals surface area contributed by atoms with E-state index in [0.29, 0.717) is 6.61 Å². The van der Waals surface area contributed by atoms with Gasteiger partial charge in [-0.2, -0.15) is 0 Å². The van der Waals surface area contributed by atoms with Gasteiger partial charge in [-0.25, -0.2) is 0 Å². The fourth-order valence-corrected chi connectivity index (χ4v) is 0.990. The van der Waals surface area contributed by atoms with E-state index in [1.54, 1.807) is 14.0 Å². The zero-order chi connectivity index (χ0) is 9.68. The molecule has 0 bridgehead atoms. The van der Waals surface area contributed by atoms with E-state index in [9.17, 15) is 0 Å². The number of benzene rings is 1. The maximum atomic E-state index is 5.46. The average molecular weight is 181 g/mol. The minimum absolute atomic E-state index is 0.230. The molecule has 1 atom stereocenters. The lowest BCUT2D eigenvalue weighted by Crippen LogP contribution is -2.18. The van der Waals surface area contributed by atoms with Gasteiger partial charge >= 0.3 is 0 Å².